The van der Waals surface area contributed by atoms with Crippen LogP contribution in [-0.2, 0) is 33.3 Å². The average molecular weight is 921 g/mol. The molecule has 5 N–H and O–H groups in total. The highest BCUT2D eigenvalue weighted by molar-refractivity contribution is 6.09. The molecule has 0 saturated heterocycles. The number of halogens is 6. The van der Waals surface area contributed by atoms with Gasteiger partial charge in [-0.1, -0.05) is 0 Å². The number of aromatic carboxylic acids is 1. The molecule has 0 saturated carbocycles. The fourth-order valence-electron chi connectivity index (χ4n) is 5.22. The van der Waals surface area contributed by atoms with Crippen molar-refractivity contribution >= 4 is 40.5 Å². The van der Waals surface area contributed by atoms with Gasteiger partial charge in [-0.15, -0.1) is 0 Å². The first-order valence-corrected chi connectivity index (χ1v) is 19.2. The van der Waals surface area contributed by atoms with Crippen LogP contribution in [0.3, 0.4) is 0 Å². The summed E-state index contributed by atoms with van der Waals surface area (Å²) in [6.07, 6.45) is -10.4. The van der Waals surface area contributed by atoms with E-state index in [-0.39, 0.29) is 18.0 Å². The lowest BCUT2D eigenvalue weighted by Gasteiger charge is -2.19. The summed E-state index contributed by atoms with van der Waals surface area (Å²) in [5.74, 6) is -6.85. The molecule has 2 aromatic rings. The van der Waals surface area contributed by atoms with Gasteiger partial charge in [0.15, 0.2) is 0 Å². The third kappa shape index (κ3) is 18.5. The lowest BCUT2D eigenvalue weighted by atomic mass is 9.89. The molecule has 354 valence electrons. The molecule has 0 fully saturated rings. The Morgan fingerprint density at radius 2 is 1.22 bits per heavy atom. The number of carbonyl (C=O) groups is 4. The zero-order chi connectivity index (χ0) is 48.0. The Morgan fingerprint density at radius 1 is 0.719 bits per heavy atom. The average Bonchev–Trinajstić information content (AvgIpc) is 3.22. The fraction of sp³-hybridized carbons (Fsp3) is 0.439. The molecule has 0 spiro atoms. The number of hydrogen-bond acceptors (Lipinski definition) is 13. The highest BCUT2D eigenvalue weighted by atomic mass is 19.4. The second-order valence-electron chi connectivity index (χ2n) is 13.4. The predicted octanol–water partition coefficient (Wildman–Crippen LogP) is 0.653. The van der Waals surface area contributed by atoms with Crippen molar-refractivity contribution in [3.05, 3.63) is 71.1 Å². The van der Waals surface area contributed by atoms with Crippen molar-refractivity contribution in [1.29, 1.82) is 0 Å². The van der Waals surface area contributed by atoms with Crippen LogP contribution >= 0.6 is 0 Å². The smallest absolute Gasteiger partial charge is 0.430 e. The van der Waals surface area contributed by atoms with Crippen molar-refractivity contribution in [2.75, 3.05) is 112 Å². The van der Waals surface area contributed by atoms with Gasteiger partial charge in [0.1, 0.15) is 37.4 Å². The van der Waals surface area contributed by atoms with Crippen LogP contribution in [-0.4, -0.2) is 149 Å². The topological polar surface area (TPSA) is 240 Å². The molecule has 64 heavy (non-hydrogen) atoms. The van der Waals surface area contributed by atoms with Crippen LogP contribution in [0.1, 0.15) is 20.7 Å². The monoisotopic (exact) mass is 920 g/mol. The molecule has 0 aromatic heterocycles. The van der Waals surface area contributed by atoms with E-state index >= 15 is 0 Å². The second-order valence-corrected chi connectivity index (χ2v) is 13.4. The van der Waals surface area contributed by atoms with Gasteiger partial charge in [-0.3, -0.25) is 4.79 Å². The van der Waals surface area contributed by atoms with Crippen molar-refractivity contribution in [3.63, 3.8) is 0 Å². The van der Waals surface area contributed by atoms with Gasteiger partial charge in [0.25, 0.3) is 5.91 Å². The molecule has 0 bridgehead atoms. The lowest BCUT2D eigenvalue weighted by Crippen LogP contribution is -2.52. The number of quaternary nitrogens is 1. The number of hydrogen-bond donors (Lipinski definition) is 3. The molecule has 23 heteroatoms. The number of carboxylic acids is 3. The second kappa shape index (κ2) is 26.7. The highest BCUT2D eigenvalue weighted by Crippen LogP contribution is 2.42. The summed E-state index contributed by atoms with van der Waals surface area (Å²) >= 11 is 0. The van der Waals surface area contributed by atoms with Crippen molar-refractivity contribution in [2.45, 2.75) is 12.4 Å². The number of nitrogens with one attached hydrogen (secondary N) is 1. The summed E-state index contributed by atoms with van der Waals surface area (Å²) in [6.45, 7) is 5.69. The Morgan fingerprint density at radius 3 is 1.67 bits per heavy atom. The Labute approximate surface area is 362 Å². The van der Waals surface area contributed by atoms with Crippen LogP contribution in [0, 0.1) is 0 Å². The van der Waals surface area contributed by atoms with Gasteiger partial charge in [0, 0.05) is 60.5 Å². The molecule has 0 unspecified atom stereocenters. The maximum atomic E-state index is 13.2. The number of rotatable bonds is 21. The quantitative estimate of drug-likeness (QED) is 0.0451. The fourth-order valence-corrected chi connectivity index (χ4v) is 5.22. The Balaban J connectivity index is 0.000000866. The van der Waals surface area contributed by atoms with Crippen LogP contribution in [0.2, 0.25) is 0 Å². The Bertz CT molecular complexity index is 2150. The number of amides is 1. The summed E-state index contributed by atoms with van der Waals surface area (Å²) < 4.78 is 98.8. The normalized spacial score (nSPS) is 11.3. The van der Waals surface area contributed by atoms with Gasteiger partial charge in [-0.2, -0.15) is 26.3 Å². The predicted molar refractivity (Wildman–Crippen MR) is 213 cm³/mol. The first-order valence-electron chi connectivity index (χ1n) is 19.2. The van der Waals surface area contributed by atoms with E-state index < -0.39 is 30.3 Å². The van der Waals surface area contributed by atoms with Crippen molar-refractivity contribution < 1.29 is 94.7 Å². The van der Waals surface area contributed by atoms with E-state index in [1.807, 2.05) is 74.1 Å². The minimum atomic E-state index is -5.19. The number of fused-ring (bicyclic) bond motifs is 2. The zero-order valence-electron chi connectivity index (χ0n) is 35.4. The van der Waals surface area contributed by atoms with Crippen LogP contribution in [0.4, 0.5) is 32.0 Å². The standard InChI is InChI=1S/C37H48N4O9.2C2HF3O2/c1-40(2)27-6-9-30-33(24-27)50-34-25-28(41(3)4)7-10-31(34)35(30)32-23-26(5-8-29(32)37(43)44)36(42)39-12-14-46-16-18-48-20-22-49-21-19-47-17-15-45-13-11-38;2*3-2(4,5)1(6)7/h5-10,23-25H,11-22,38H2,1-4H3,(H-,39,42,43,44);2*(H,6,7). The van der Waals surface area contributed by atoms with E-state index in [2.05, 4.69) is 11.1 Å². The maximum absolute atomic E-state index is 13.2. The van der Waals surface area contributed by atoms with E-state index in [1.165, 1.54) is 12.1 Å². The van der Waals surface area contributed by atoms with Gasteiger partial charge in [0.05, 0.1) is 84.2 Å². The van der Waals surface area contributed by atoms with E-state index in [0.29, 0.717) is 94.1 Å². The summed E-state index contributed by atoms with van der Waals surface area (Å²) in [7, 11) is 7.77. The molecule has 1 amide bonds. The molecular weight excluding hydrogens is 870 g/mol. The molecule has 0 radical (unpaired) electrons. The van der Waals surface area contributed by atoms with Gasteiger partial charge in [-0.25, -0.2) is 9.37 Å². The molecule has 17 nitrogen and oxygen atoms in total. The number of anilines is 1. The third-order valence-corrected chi connectivity index (χ3v) is 8.27. The molecule has 1 aliphatic carbocycles. The van der Waals surface area contributed by atoms with E-state index in [9.17, 15) is 41.0 Å². The molecule has 1 heterocycles. The summed E-state index contributed by atoms with van der Waals surface area (Å²) in [5.41, 5.74) is 7.49. The third-order valence-electron chi connectivity index (χ3n) is 8.27. The SMILES string of the molecule is CN(C)c1ccc2c(-c3cc(C(=O)NCCOCCOCCOCCOCCOCC[NH3+])ccc3C(=O)O)c3ccc(=[N+](C)C)cc-3oc2c1.O=C([O-])C(F)(F)F.O=C([O-])C(F)(F)F. The molecule has 0 atom stereocenters. The van der Waals surface area contributed by atoms with E-state index in [4.69, 9.17) is 47.9 Å². The molecule has 1 aliphatic heterocycles. The van der Waals surface area contributed by atoms with Crippen LogP contribution in [0.25, 0.3) is 33.4 Å². The van der Waals surface area contributed by atoms with Gasteiger partial charge in [0.2, 0.25) is 5.36 Å². The van der Waals surface area contributed by atoms with Gasteiger partial charge in [-0.05, 0) is 42.0 Å². The van der Waals surface area contributed by atoms with Crippen LogP contribution in [0.15, 0.2) is 59.0 Å². The number of benzene rings is 3. The minimum absolute atomic E-state index is 0.0804. The molecule has 4 rings (SSSR count). The minimum Gasteiger partial charge on any atom is -0.542 e. The molecular formula is C41H50F6N4O13. The number of ether oxygens (including phenoxy) is 5. The van der Waals surface area contributed by atoms with E-state index in [0.717, 1.165) is 28.5 Å². The Kier molecular flexibility index (Phi) is 22.6. The lowest BCUT2D eigenvalue weighted by molar-refractivity contribution is -0.374. The number of alkyl halides is 6. The highest BCUT2D eigenvalue weighted by Gasteiger charge is 2.29. The van der Waals surface area contributed by atoms with Crippen LogP contribution < -0.4 is 36.1 Å². The number of nitrogens with zero attached hydrogens (tertiary/aromatic N) is 2. The van der Waals surface area contributed by atoms with Gasteiger partial charge < -0.3 is 69.0 Å². The largest absolute Gasteiger partial charge is 0.542 e. The zero-order valence-corrected chi connectivity index (χ0v) is 35.4. The first kappa shape index (κ1) is 54.3. The van der Waals surface area contributed by atoms with Crippen molar-refractivity contribution in [2.24, 2.45) is 0 Å². The Hall–Kier alpha value is -5.85. The maximum Gasteiger partial charge on any atom is 0.430 e. The number of aliphatic carboxylic acids is 2. The van der Waals surface area contributed by atoms with Crippen molar-refractivity contribution in [1.82, 2.24) is 9.89 Å². The summed E-state index contributed by atoms with van der Waals surface area (Å²) in [4.78, 5) is 45.3. The van der Waals surface area contributed by atoms with Gasteiger partial charge >= 0.3 is 18.3 Å². The first-order chi connectivity index (χ1) is 30.1. The van der Waals surface area contributed by atoms with E-state index in [1.54, 1.807) is 6.07 Å². The molecule has 2 aromatic carbocycles. The number of carbonyl (C=O) groups excluding carboxylic acids is 3. The van der Waals surface area contributed by atoms with Crippen LogP contribution in [0.5, 0.6) is 0 Å². The number of carboxylic acid groups (broad SMARTS) is 3. The summed E-state index contributed by atoms with van der Waals surface area (Å²) in [5, 5.41) is 32.3. The molecule has 2 aliphatic rings. The van der Waals surface area contributed by atoms with Crippen molar-refractivity contribution in [3.8, 4) is 22.5 Å². The summed E-state index contributed by atoms with van der Waals surface area (Å²) in [6, 6.07) is 16.3.